The summed E-state index contributed by atoms with van der Waals surface area (Å²) in [5.74, 6) is 0. The van der Waals surface area contributed by atoms with Gasteiger partial charge in [-0.1, -0.05) is 6.92 Å². The fraction of sp³-hybridized carbons (Fsp3) is 0.500. The number of likely N-dealkylation sites (N-methyl/N-ethyl adjacent to an activating group) is 1. The minimum absolute atomic E-state index is 0.211. The molecule has 0 fully saturated rings. The van der Waals surface area contributed by atoms with E-state index in [-0.39, 0.29) is 4.90 Å². The lowest BCUT2D eigenvalue weighted by molar-refractivity contribution is 0.206. The van der Waals surface area contributed by atoms with Crippen LogP contribution in [-0.2, 0) is 14.8 Å². The molecule has 0 amide bonds. The summed E-state index contributed by atoms with van der Waals surface area (Å²) in [5.41, 5.74) is 7.09. The zero-order valence-corrected chi connectivity index (χ0v) is 12.3. The smallest absolute Gasteiger partial charge is 0.240 e. The Hall–Kier alpha value is -1.31. The van der Waals surface area contributed by atoms with Gasteiger partial charge < -0.3 is 15.4 Å². The molecule has 0 aliphatic heterocycles. The Morgan fingerprint density at radius 2 is 2.11 bits per heavy atom. The highest BCUT2D eigenvalue weighted by Gasteiger charge is 2.15. The lowest BCUT2D eigenvalue weighted by Crippen LogP contribution is -2.25. The van der Waals surface area contributed by atoms with Crippen molar-refractivity contribution in [1.29, 1.82) is 0 Å². The summed E-state index contributed by atoms with van der Waals surface area (Å²) < 4.78 is 31.3. The molecule has 0 unspecified atom stereocenters. The van der Waals surface area contributed by atoms with E-state index in [2.05, 4.69) is 4.72 Å². The normalized spacial score (nSPS) is 11.5. The second-order valence-electron chi connectivity index (χ2n) is 4.14. The highest BCUT2D eigenvalue weighted by Crippen LogP contribution is 2.25. The minimum Gasteiger partial charge on any atom is -0.397 e. The first-order chi connectivity index (χ1) is 8.92. The molecule has 0 radical (unpaired) electrons. The van der Waals surface area contributed by atoms with Gasteiger partial charge in [0.15, 0.2) is 0 Å². The highest BCUT2D eigenvalue weighted by molar-refractivity contribution is 7.89. The summed E-state index contributed by atoms with van der Waals surface area (Å²) in [6.45, 7) is 3.26. The number of hydrogen-bond donors (Lipinski definition) is 2. The van der Waals surface area contributed by atoms with Gasteiger partial charge in [-0.2, -0.15) is 0 Å². The van der Waals surface area contributed by atoms with Crippen LogP contribution in [0.1, 0.15) is 6.92 Å². The van der Waals surface area contributed by atoms with Gasteiger partial charge in [0, 0.05) is 27.2 Å². The molecule has 0 bridgehead atoms. The van der Waals surface area contributed by atoms with Gasteiger partial charge in [-0.3, -0.25) is 0 Å². The van der Waals surface area contributed by atoms with Crippen molar-refractivity contribution in [3.8, 4) is 0 Å². The Bertz CT molecular complexity index is 517. The van der Waals surface area contributed by atoms with Crippen LogP contribution in [0, 0.1) is 0 Å². The van der Waals surface area contributed by atoms with Gasteiger partial charge in [0.1, 0.15) is 0 Å². The van der Waals surface area contributed by atoms with Crippen molar-refractivity contribution in [2.45, 2.75) is 11.8 Å². The lowest BCUT2D eigenvalue weighted by atomic mass is 10.2. The van der Waals surface area contributed by atoms with Crippen LogP contribution in [0.25, 0.3) is 0 Å². The number of benzene rings is 1. The summed E-state index contributed by atoms with van der Waals surface area (Å²) in [6.07, 6.45) is 0. The Balaban J connectivity index is 3.07. The molecule has 1 aromatic rings. The monoisotopic (exact) mass is 287 g/mol. The molecule has 108 valence electrons. The molecule has 7 heteroatoms. The zero-order chi connectivity index (χ0) is 14.5. The Morgan fingerprint density at radius 1 is 1.42 bits per heavy atom. The third kappa shape index (κ3) is 4.09. The van der Waals surface area contributed by atoms with E-state index in [0.29, 0.717) is 31.1 Å². The van der Waals surface area contributed by atoms with E-state index in [9.17, 15) is 8.42 Å². The second-order valence-corrected chi connectivity index (χ2v) is 5.90. The number of sulfonamides is 1. The number of nitrogens with one attached hydrogen (secondary N) is 1. The molecular formula is C12H21N3O3S. The van der Waals surface area contributed by atoms with E-state index >= 15 is 0 Å². The molecule has 19 heavy (non-hydrogen) atoms. The van der Waals surface area contributed by atoms with Crippen molar-refractivity contribution < 1.29 is 13.2 Å². The van der Waals surface area contributed by atoms with Crippen molar-refractivity contribution in [3.05, 3.63) is 18.2 Å². The van der Waals surface area contributed by atoms with Gasteiger partial charge in [0.2, 0.25) is 10.0 Å². The average molecular weight is 287 g/mol. The van der Waals surface area contributed by atoms with E-state index in [4.69, 9.17) is 10.5 Å². The number of methoxy groups -OCH3 is 1. The van der Waals surface area contributed by atoms with Crippen molar-refractivity contribution in [2.75, 3.05) is 44.5 Å². The summed E-state index contributed by atoms with van der Waals surface area (Å²) in [6, 6.07) is 4.67. The molecule has 0 heterocycles. The van der Waals surface area contributed by atoms with E-state index in [1.165, 1.54) is 6.07 Å². The van der Waals surface area contributed by atoms with Crippen LogP contribution in [0.15, 0.2) is 23.1 Å². The third-order valence-electron chi connectivity index (χ3n) is 2.69. The van der Waals surface area contributed by atoms with Crippen LogP contribution in [0.3, 0.4) is 0 Å². The van der Waals surface area contributed by atoms with E-state index in [0.717, 1.165) is 0 Å². The quantitative estimate of drug-likeness (QED) is 0.719. The van der Waals surface area contributed by atoms with Crippen LogP contribution >= 0.6 is 0 Å². The second kappa shape index (κ2) is 6.74. The van der Waals surface area contributed by atoms with Crippen molar-refractivity contribution in [3.63, 3.8) is 0 Å². The van der Waals surface area contributed by atoms with Crippen LogP contribution < -0.4 is 15.4 Å². The first-order valence-corrected chi connectivity index (χ1v) is 7.50. The van der Waals surface area contributed by atoms with E-state index in [1.807, 2.05) is 11.9 Å². The predicted octanol–water partition coefficient (Wildman–Crippen LogP) is 0.650. The van der Waals surface area contributed by atoms with Crippen molar-refractivity contribution >= 4 is 21.4 Å². The lowest BCUT2D eigenvalue weighted by Gasteiger charge is -2.21. The molecular weight excluding hydrogens is 266 g/mol. The predicted molar refractivity (Wildman–Crippen MR) is 76.9 cm³/mol. The Morgan fingerprint density at radius 3 is 2.68 bits per heavy atom. The molecule has 0 aliphatic carbocycles. The van der Waals surface area contributed by atoms with Gasteiger partial charge in [-0.05, 0) is 18.2 Å². The van der Waals surface area contributed by atoms with Gasteiger partial charge in [0.25, 0.3) is 0 Å². The summed E-state index contributed by atoms with van der Waals surface area (Å²) in [4.78, 5) is 2.08. The number of rotatable bonds is 7. The van der Waals surface area contributed by atoms with Crippen LogP contribution in [0.4, 0.5) is 11.4 Å². The maximum atomic E-state index is 11.9. The molecule has 6 nitrogen and oxygen atoms in total. The molecule has 0 atom stereocenters. The Labute approximate surface area is 114 Å². The van der Waals surface area contributed by atoms with Crippen molar-refractivity contribution in [2.24, 2.45) is 0 Å². The summed E-state index contributed by atoms with van der Waals surface area (Å²) in [7, 11) is -0.0111. The molecule has 3 N–H and O–H groups in total. The third-order valence-corrected chi connectivity index (χ3v) is 4.23. The largest absolute Gasteiger partial charge is 0.397 e. The van der Waals surface area contributed by atoms with Gasteiger partial charge in [-0.25, -0.2) is 13.1 Å². The molecule has 0 saturated carbocycles. The fourth-order valence-corrected chi connectivity index (χ4v) is 2.70. The summed E-state index contributed by atoms with van der Waals surface area (Å²) >= 11 is 0. The van der Waals surface area contributed by atoms with Gasteiger partial charge >= 0.3 is 0 Å². The van der Waals surface area contributed by atoms with Gasteiger partial charge in [0.05, 0.1) is 22.9 Å². The zero-order valence-electron chi connectivity index (χ0n) is 11.5. The van der Waals surface area contributed by atoms with E-state index < -0.39 is 10.0 Å². The molecule has 0 spiro atoms. The maximum Gasteiger partial charge on any atom is 0.240 e. The molecule has 1 aromatic carbocycles. The maximum absolute atomic E-state index is 11.9. The van der Waals surface area contributed by atoms with Crippen molar-refractivity contribution in [1.82, 2.24) is 4.72 Å². The van der Waals surface area contributed by atoms with Gasteiger partial charge in [-0.15, -0.1) is 0 Å². The standard InChI is InChI=1S/C12H21N3O3S/c1-4-14-19(16,17)10-5-6-11(13)12(9-10)15(2)7-8-18-3/h5-6,9,14H,4,7-8,13H2,1-3H3. The number of nitrogen functional groups attached to an aromatic ring is 1. The SMILES string of the molecule is CCNS(=O)(=O)c1ccc(N)c(N(C)CCOC)c1. The number of nitrogens with zero attached hydrogens (tertiary/aromatic N) is 1. The van der Waals surface area contributed by atoms with Crippen LogP contribution in [0.2, 0.25) is 0 Å². The molecule has 0 aromatic heterocycles. The Kier molecular flexibility index (Phi) is 5.59. The van der Waals surface area contributed by atoms with Crippen LogP contribution in [-0.4, -0.2) is 42.3 Å². The average Bonchev–Trinajstić information content (AvgIpc) is 2.36. The number of nitrogens with two attached hydrogens (primary N) is 1. The first kappa shape index (κ1) is 15.7. The number of anilines is 2. The molecule has 0 aliphatic rings. The fourth-order valence-electron chi connectivity index (χ4n) is 1.64. The topological polar surface area (TPSA) is 84.7 Å². The first-order valence-electron chi connectivity index (χ1n) is 6.01. The van der Waals surface area contributed by atoms with Crippen LogP contribution in [0.5, 0.6) is 0 Å². The minimum atomic E-state index is -3.47. The van der Waals surface area contributed by atoms with E-state index in [1.54, 1.807) is 26.2 Å². The molecule has 0 saturated heterocycles. The number of hydrogen-bond acceptors (Lipinski definition) is 5. The molecule has 1 rings (SSSR count). The highest BCUT2D eigenvalue weighted by atomic mass is 32.2. The summed E-state index contributed by atoms with van der Waals surface area (Å²) in [5, 5.41) is 0. The number of ether oxygens (including phenoxy) is 1.